The molecule has 1 aromatic carbocycles. The third-order valence-electron chi connectivity index (χ3n) is 4.40. The van der Waals surface area contributed by atoms with Crippen molar-refractivity contribution in [1.82, 2.24) is 10.3 Å². The molecule has 1 saturated carbocycles. The highest BCUT2D eigenvalue weighted by Gasteiger charge is 2.16. The Morgan fingerprint density at radius 2 is 1.95 bits per heavy atom. The van der Waals surface area contributed by atoms with Crippen LogP contribution in [0.1, 0.15) is 37.8 Å². The standard InChI is InChI=1S/C19H24N2S/c1-15(16-8-4-2-5-9-16)20-13-12-18-14-22-19(21-18)17-10-6-3-7-11-17/h3,6-7,10-11,14,16,20H,1-2,4-5,8-9,12-13H2. The third kappa shape index (κ3) is 3.98. The molecule has 1 aliphatic carbocycles. The number of rotatable bonds is 6. The van der Waals surface area contributed by atoms with E-state index in [2.05, 4.69) is 41.5 Å². The molecule has 0 unspecified atom stereocenters. The third-order valence-corrected chi connectivity index (χ3v) is 5.34. The lowest BCUT2D eigenvalue weighted by atomic mass is 9.87. The van der Waals surface area contributed by atoms with E-state index in [0.29, 0.717) is 5.92 Å². The van der Waals surface area contributed by atoms with Crippen LogP contribution in [0.15, 0.2) is 48.0 Å². The van der Waals surface area contributed by atoms with Gasteiger partial charge in [0, 0.05) is 29.6 Å². The van der Waals surface area contributed by atoms with Crippen LogP contribution in [0.2, 0.25) is 0 Å². The number of benzene rings is 1. The molecule has 1 fully saturated rings. The van der Waals surface area contributed by atoms with Gasteiger partial charge < -0.3 is 5.32 Å². The molecule has 0 spiro atoms. The second-order valence-electron chi connectivity index (χ2n) is 6.05. The number of hydrogen-bond donors (Lipinski definition) is 1. The van der Waals surface area contributed by atoms with Crippen molar-refractivity contribution in [2.24, 2.45) is 5.92 Å². The average molecular weight is 312 g/mol. The molecule has 2 aromatic rings. The lowest BCUT2D eigenvalue weighted by Gasteiger charge is -2.24. The van der Waals surface area contributed by atoms with Crippen LogP contribution in [0.3, 0.4) is 0 Å². The Bertz CT molecular complexity index is 597. The summed E-state index contributed by atoms with van der Waals surface area (Å²) in [5.41, 5.74) is 3.62. The number of allylic oxidation sites excluding steroid dienone is 1. The average Bonchev–Trinajstić information content (AvgIpc) is 3.05. The van der Waals surface area contributed by atoms with Crippen LogP contribution in [0.25, 0.3) is 10.6 Å². The van der Waals surface area contributed by atoms with Gasteiger partial charge in [-0.05, 0) is 18.8 Å². The molecule has 0 atom stereocenters. The summed E-state index contributed by atoms with van der Waals surface area (Å²) in [5.74, 6) is 0.684. The predicted molar refractivity (Wildman–Crippen MR) is 95.0 cm³/mol. The molecule has 22 heavy (non-hydrogen) atoms. The van der Waals surface area contributed by atoms with E-state index >= 15 is 0 Å². The number of thiazole rings is 1. The van der Waals surface area contributed by atoms with E-state index in [0.717, 1.165) is 18.0 Å². The Morgan fingerprint density at radius 3 is 2.73 bits per heavy atom. The Kier molecular flexibility index (Phi) is 5.28. The van der Waals surface area contributed by atoms with Crippen molar-refractivity contribution < 1.29 is 0 Å². The second kappa shape index (κ2) is 7.59. The zero-order chi connectivity index (χ0) is 15.2. The van der Waals surface area contributed by atoms with Gasteiger partial charge in [0.1, 0.15) is 5.01 Å². The molecule has 1 N–H and O–H groups in total. The summed E-state index contributed by atoms with van der Waals surface area (Å²) in [6, 6.07) is 10.4. The molecule has 116 valence electrons. The molecule has 3 heteroatoms. The van der Waals surface area contributed by atoms with Crippen LogP contribution < -0.4 is 5.32 Å². The maximum Gasteiger partial charge on any atom is 0.123 e. The van der Waals surface area contributed by atoms with Crippen LogP contribution in [-0.4, -0.2) is 11.5 Å². The maximum absolute atomic E-state index is 4.74. The first-order chi connectivity index (χ1) is 10.8. The summed E-state index contributed by atoms with van der Waals surface area (Å²) in [5, 5.41) is 6.81. The van der Waals surface area contributed by atoms with Gasteiger partial charge in [0.2, 0.25) is 0 Å². The van der Waals surface area contributed by atoms with E-state index < -0.39 is 0 Å². The lowest BCUT2D eigenvalue weighted by molar-refractivity contribution is 0.387. The number of hydrogen-bond acceptors (Lipinski definition) is 3. The van der Waals surface area contributed by atoms with E-state index in [1.165, 1.54) is 49.1 Å². The van der Waals surface area contributed by atoms with E-state index in [1.807, 2.05) is 6.07 Å². The molecule has 0 aliphatic heterocycles. The van der Waals surface area contributed by atoms with E-state index in [9.17, 15) is 0 Å². The summed E-state index contributed by atoms with van der Waals surface area (Å²) < 4.78 is 0. The Hall–Kier alpha value is -1.61. The molecule has 0 amide bonds. The molecule has 2 nitrogen and oxygen atoms in total. The van der Waals surface area contributed by atoms with Crippen LogP contribution in [-0.2, 0) is 6.42 Å². The zero-order valence-electron chi connectivity index (χ0n) is 13.1. The van der Waals surface area contributed by atoms with Gasteiger partial charge in [-0.3, -0.25) is 0 Å². The molecule has 1 aliphatic rings. The van der Waals surface area contributed by atoms with Crippen molar-refractivity contribution in [3.8, 4) is 10.6 Å². The maximum atomic E-state index is 4.74. The highest BCUT2D eigenvalue weighted by molar-refractivity contribution is 7.13. The van der Waals surface area contributed by atoms with Gasteiger partial charge >= 0.3 is 0 Å². The Morgan fingerprint density at radius 1 is 1.18 bits per heavy atom. The highest BCUT2D eigenvalue weighted by atomic mass is 32.1. The van der Waals surface area contributed by atoms with Crippen molar-refractivity contribution in [3.63, 3.8) is 0 Å². The van der Waals surface area contributed by atoms with Gasteiger partial charge in [0.05, 0.1) is 5.69 Å². The summed E-state index contributed by atoms with van der Waals surface area (Å²) in [6.45, 7) is 5.17. The smallest absolute Gasteiger partial charge is 0.123 e. The number of nitrogens with zero attached hydrogens (tertiary/aromatic N) is 1. The molecule has 1 aromatic heterocycles. The van der Waals surface area contributed by atoms with E-state index in [4.69, 9.17) is 4.98 Å². The minimum Gasteiger partial charge on any atom is -0.388 e. The summed E-state index contributed by atoms with van der Waals surface area (Å²) in [7, 11) is 0. The summed E-state index contributed by atoms with van der Waals surface area (Å²) in [6.07, 6.45) is 7.69. The fourth-order valence-electron chi connectivity index (χ4n) is 3.08. The van der Waals surface area contributed by atoms with E-state index in [1.54, 1.807) is 11.3 Å². The summed E-state index contributed by atoms with van der Waals surface area (Å²) in [4.78, 5) is 4.74. The van der Waals surface area contributed by atoms with Gasteiger partial charge in [-0.1, -0.05) is 56.2 Å². The van der Waals surface area contributed by atoms with Gasteiger partial charge in [0.15, 0.2) is 0 Å². The molecular weight excluding hydrogens is 288 g/mol. The van der Waals surface area contributed by atoms with Crippen LogP contribution in [0, 0.1) is 5.92 Å². The Balaban J connectivity index is 1.48. The fraction of sp³-hybridized carbons (Fsp3) is 0.421. The molecular formula is C19H24N2S. The number of aromatic nitrogens is 1. The van der Waals surface area contributed by atoms with Crippen molar-refractivity contribution in [3.05, 3.63) is 53.7 Å². The molecule has 0 radical (unpaired) electrons. The largest absolute Gasteiger partial charge is 0.388 e. The first-order valence-electron chi connectivity index (χ1n) is 8.25. The SMILES string of the molecule is C=C(NCCc1csc(-c2ccccc2)n1)C1CCCCC1. The minimum absolute atomic E-state index is 0.684. The first kappa shape index (κ1) is 15.3. The molecule has 1 heterocycles. The molecule has 0 bridgehead atoms. The monoisotopic (exact) mass is 312 g/mol. The van der Waals surface area contributed by atoms with Crippen LogP contribution in [0.4, 0.5) is 0 Å². The van der Waals surface area contributed by atoms with Crippen molar-refractivity contribution >= 4 is 11.3 Å². The second-order valence-corrected chi connectivity index (χ2v) is 6.91. The lowest BCUT2D eigenvalue weighted by Crippen LogP contribution is -2.23. The van der Waals surface area contributed by atoms with Crippen molar-refractivity contribution in [1.29, 1.82) is 0 Å². The van der Waals surface area contributed by atoms with Crippen LogP contribution in [0.5, 0.6) is 0 Å². The first-order valence-corrected chi connectivity index (χ1v) is 9.13. The summed E-state index contributed by atoms with van der Waals surface area (Å²) >= 11 is 1.73. The molecule has 0 saturated heterocycles. The van der Waals surface area contributed by atoms with Gasteiger partial charge in [-0.2, -0.15) is 0 Å². The van der Waals surface area contributed by atoms with Crippen molar-refractivity contribution in [2.45, 2.75) is 38.5 Å². The zero-order valence-corrected chi connectivity index (χ0v) is 13.9. The quantitative estimate of drug-likeness (QED) is 0.808. The highest BCUT2D eigenvalue weighted by Crippen LogP contribution is 2.27. The van der Waals surface area contributed by atoms with Gasteiger partial charge in [-0.15, -0.1) is 11.3 Å². The van der Waals surface area contributed by atoms with Crippen molar-refractivity contribution in [2.75, 3.05) is 6.54 Å². The van der Waals surface area contributed by atoms with Crippen LogP contribution >= 0.6 is 11.3 Å². The van der Waals surface area contributed by atoms with E-state index in [-0.39, 0.29) is 0 Å². The minimum atomic E-state index is 0.684. The number of nitrogens with one attached hydrogen (secondary N) is 1. The normalized spacial score (nSPS) is 15.6. The predicted octanol–water partition coefficient (Wildman–Crippen LogP) is 5.04. The fourth-order valence-corrected chi connectivity index (χ4v) is 3.94. The topological polar surface area (TPSA) is 24.9 Å². The van der Waals surface area contributed by atoms with Gasteiger partial charge in [-0.25, -0.2) is 4.98 Å². The Labute approximate surface area is 137 Å². The van der Waals surface area contributed by atoms with Gasteiger partial charge in [0.25, 0.3) is 0 Å². The molecule has 3 rings (SSSR count).